The number of nitrogens with zero attached hydrogens (tertiary/aromatic N) is 1. The normalized spacial score (nSPS) is 10.2. The van der Waals surface area contributed by atoms with Gasteiger partial charge in [0, 0.05) is 22.6 Å². The molecule has 0 bridgehead atoms. The van der Waals surface area contributed by atoms with Crippen LogP contribution in [-0.2, 0) is 0 Å². The largest absolute Gasteiger partial charge is 0.365 e. The number of non-ortho nitro benzene ring substituents is 1. The molecule has 0 fully saturated rings. The fourth-order valence-corrected chi connectivity index (χ4v) is 3.39. The van der Waals surface area contributed by atoms with Crippen LogP contribution in [-0.4, -0.2) is 21.9 Å². The zero-order valence-electron chi connectivity index (χ0n) is 13.3. The Labute approximate surface area is 152 Å². The molecule has 10 heteroatoms. The number of thiophene rings is 1. The van der Waals surface area contributed by atoms with Gasteiger partial charge in [-0.3, -0.25) is 25.0 Å². The molecule has 0 atom stereocenters. The molecule has 130 valence electrons. The van der Waals surface area contributed by atoms with Crippen LogP contribution in [0.1, 0.15) is 31.2 Å². The molecule has 0 aliphatic heterocycles. The Hall–Kier alpha value is -2.85. The Morgan fingerprint density at radius 2 is 1.84 bits per heavy atom. The Kier molecular flexibility index (Phi) is 5.45. The van der Waals surface area contributed by atoms with Gasteiger partial charge in [0.2, 0.25) is 0 Å². The predicted molar refractivity (Wildman–Crippen MR) is 99.1 cm³/mol. The summed E-state index contributed by atoms with van der Waals surface area (Å²) in [6.07, 6.45) is 0. The minimum absolute atomic E-state index is 0.00731. The summed E-state index contributed by atoms with van der Waals surface area (Å²) in [6, 6.07) is 5.10. The van der Waals surface area contributed by atoms with Crippen molar-refractivity contribution < 1.29 is 14.5 Å². The molecular weight excluding hydrogens is 364 g/mol. The van der Waals surface area contributed by atoms with Crippen LogP contribution in [0.15, 0.2) is 24.3 Å². The summed E-state index contributed by atoms with van der Waals surface area (Å²) in [4.78, 5) is 34.7. The second kappa shape index (κ2) is 7.36. The Bertz CT molecular complexity index is 874. The van der Waals surface area contributed by atoms with Crippen LogP contribution < -0.4 is 16.4 Å². The van der Waals surface area contributed by atoms with E-state index in [9.17, 15) is 19.7 Å². The standard InChI is InChI=1S/C15H14N4O4S2/c1-7-8(2)25-14(11(7)12(16)20)18-15(24)17-13(21)9-3-5-10(6-4-9)19(22)23/h3-6H,1-2H3,(H2,16,20)(H2,17,18,21,24). The van der Waals surface area contributed by atoms with E-state index in [2.05, 4.69) is 10.6 Å². The van der Waals surface area contributed by atoms with Crippen molar-refractivity contribution in [3.63, 3.8) is 0 Å². The lowest BCUT2D eigenvalue weighted by Gasteiger charge is -2.09. The third-order valence-corrected chi connectivity index (χ3v) is 4.75. The summed E-state index contributed by atoms with van der Waals surface area (Å²) in [7, 11) is 0. The lowest BCUT2D eigenvalue weighted by Crippen LogP contribution is -2.34. The first kappa shape index (κ1) is 18.5. The van der Waals surface area contributed by atoms with Crippen molar-refractivity contribution in [1.82, 2.24) is 5.32 Å². The van der Waals surface area contributed by atoms with E-state index in [4.69, 9.17) is 18.0 Å². The van der Waals surface area contributed by atoms with E-state index in [1.54, 1.807) is 6.92 Å². The van der Waals surface area contributed by atoms with Crippen molar-refractivity contribution in [2.24, 2.45) is 5.73 Å². The monoisotopic (exact) mass is 378 g/mol. The summed E-state index contributed by atoms with van der Waals surface area (Å²) < 4.78 is 0. The van der Waals surface area contributed by atoms with Gasteiger partial charge in [0.15, 0.2) is 5.11 Å². The molecule has 2 rings (SSSR count). The van der Waals surface area contributed by atoms with Gasteiger partial charge in [-0.2, -0.15) is 0 Å². The minimum atomic E-state index is -0.589. The maximum atomic E-state index is 12.1. The fraction of sp³-hybridized carbons (Fsp3) is 0.133. The van der Waals surface area contributed by atoms with Crippen LogP contribution in [0.2, 0.25) is 0 Å². The second-order valence-corrected chi connectivity index (χ2v) is 6.70. The number of thiocarbonyl (C=S) groups is 1. The molecule has 0 aliphatic rings. The summed E-state index contributed by atoms with van der Waals surface area (Å²) in [5.74, 6) is -1.12. The maximum Gasteiger partial charge on any atom is 0.269 e. The molecule has 0 spiro atoms. The van der Waals surface area contributed by atoms with E-state index in [0.29, 0.717) is 10.6 Å². The van der Waals surface area contributed by atoms with Crippen LogP contribution in [0.25, 0.3) is 0 Å². The molecule has 25 heavy (non-hydrogen) atoms. The summed E-state index contributed by atoms with van der Waals surface area (Å²) in [5.41, 5.74) is 6.55. The van der Waals surface area contributed by atoms with Gasteiger partial charge in [-0.15, -0.1) is 11.3 Å². The number of hydrogen-bond donors (Lipinski definition) is 3. The molecule has 4 N–H and O–H groups in total. The Morgan fingerprint density at radius 3 is 2.36 bits per heavy atom. The molecule has 0 unspecified atom stereocenters. The van der Waals surface area contributed by atoms with Gasteiger partial charge in [0.1, 0.15) is 5.00 Å². The average Bonchev–Trinajstić information content (AvgIpc) is 2.81. The van der Waals surface area contributed by atoms with Crippen LogP contribution in [0.5, 0.6) is 0 Å². The van der Waals surface area contributed by atoms with Crippen molar-refractivity contribution in [2.45, 2.75) is 13.8 Å². The average molecular weight is 378 g/mol. The van der Waals surface area contributed by atoms with E-state index in [-0.39, 0.29) is 16.4 Å². The highest BCUT2D eigenvalue weighted by Gasteiger charge is 2.19. The second-order valence-electron chi connectivity index (χ2n) is 5.06. The highest BCUT2D eigenvalue weighted by molar-refractivity contribution is 7.80. The number of rotatable bonds is 4. The quantitative estimate of drug-likeness (QED) is 0.426. The minimum Gasteiger partial charge on any atom is -0.365 e. The lowest BCUT2D eigenvalue weighted by atomic mass is 10.1. The van der Waals surface area contributed by atoms with Crippen molar-refractivity contribution in [2.75, 3.05) is 5.32 Å². The molecule has 0 saturated heterocycles. The molecule has 1 heterocycles. The van der Waals surface area contributed by atoms with Gasteiger partial charge < -0.3 is 11.1 Å². The zero-order chi connectivity index (χ0) is 18.7. The van der Waals surface area contributed by atoms with Gasteiger partial charge in [0.25, 0.3) is 17.5 Å². The fourth-order valence-electron chi connectivity index (χ4n) is 2.06. The first-order chi connectivity index (χ1) is 11.7. The van der Waals surface area contributed by atoms with Gasteiger partial charge in [-0.25, -0.2) is 0 Å². The Morgan fingerprint density at radius 1 is 1.24 bits per heavy atom. The molecule has 1 aromatic carbocycles. The third-order valence-electron chi connectivity index (χ3n) is 3.43. The first-order valence-corrected chi connectivity index (χ1v) is 8.19. The number of amides is 2. The molecule has 2 amide bonds. The summed E-state index contributed by atoms with van der Waals surface area (Å²) >= 11 is 6.38. The number of anilines is 1. The van der Waals surface area contributed by atoms with E-state index < -0.39 is 16.7 Å². The topological polar surface area (TPSA) is 127 Å². The highest BCUT2D eigenvalue weighted by atomic mass is 32.1. The molecular formula is C15H14N4O4S2. The number of nitro benzene ring substituents is 1. The van der Waals surface area contributed by atoms with Gasteiger partial charge in [-0.05, 0) is 43.8 Å². The summed E-state index contributed by atoms with van der Waals surface area (Å²) in [6.45, 7) is 3.62. The maximum absolute atomic E-state index is 12.1. The number of nitro groups is 1. The predicted octanol–water partition coefficient (Wildman–Crippen LogP) is 2.50. The van der Waals surface area contributed by atoms with Crippen LogP contribution >= 0.6 is 23.6 Å². The number of benzene rings is 1. The van der Waals surface area contributed by atoms with Crippen molar-refractivity contribution >= 4 is 51.2 Å². The van der Waals surface area contributed by atoms with Crippen molar-refractivity contribution in [3.05, 3.63) is 55.9 Å². The summed E-state index contributed by atoms with van der Waals surface area (Å²) in [5, 5.41) is 16.3. The number of carbonyl (C=O) groups is 2. The van der Waals surface area contributed by atoms with E-state index >= 15 is 0 Å². The Balaban J connectivity index is 2.10. The van der Waals surface area contributed by atoms with Gasteiger partial charge in [-0.1, -0.05) is 0 Å². The SMILES string of the molecule is Cc1sc(NC(=S)NC(=O)c2ccc([N+](=O)[O-])cc2)c(C(N)=O)c1C. The van der Waals surface area contributed by atoms with Gasteiger partial charge in [0.05, 0.1) is 10.5 Å². The lowest BCUT2D eigenvalue weighted by molar-refractivity contribution is -0.384. The zero-order valence-corrected chi connectivity index (χ0v) is 14.9. The van der Waals surface area contributed by atoms with Crippen molar-refractivity contribution in [3.8, 4) is 0 Å². The number of nitrogens with one attached hydrogen (secondary N) is 2. The highest BCUT2D eigenvalue weighted by Crippen LogP contribution is 2.31. The number of primary amides is 1. The van der Waals surface area contributed by atoms with E-state index in [1.165, 1.54) is 35.6 Å². The molecule has 0 radical (unpaired) electrons. The number of aryl methyl sites for hydroxylation is 1. The third kappa shape index (κ3) is 4.17. The van der Waals surface area contributed by atoms with E-state index in [1.807, 2.05) is 6.92 Å². The molecule has 2 aromatic rings. The number of carbonyl (C=O) groups excluding carboxylic acids is 2. The smallest absolute Gasteiger partial charge is 0.269 e. The van der Waals surface area contributed by atoms with E-state index in [0.717, 1.165) is 10.4 Å². The number of nitrogens with two attached hydrogens (primary N) is 1. The van der Waals surface area contributed by atoms with Gasteiger partial charge >= 0.3 is 0 Å². The molecule has 1 aromatic heterocycles. The van der Waals surface area contributed by atoms with Crippen LogP contribution in [0.3, 0.4) is 0 Å². The molecule has 8 nitrogen and oxygen atoms in total. The number of hydrogen-bond acceptors (Lipinski definition) is 6. The first-order valence-electron chi connectivity index (χ1n) is 6.97. The van der Waals surface area contributed by atoms with Crippen molar-refractivity contribution in [1.29, 1.82) is 0 Å². The van der Waals surface area contributed by atoms with Crippen LogP contribution in [0, 0.1) is 24.0 Å². The molecule has 0 saturated carbocycles. The molecule has 0 aliphatic carbocycles. The van der Waals surface area contributed by atoms with Crippen LogP contribution in [0.4, 0.5) is 10.7 Å².